The van der Waals surface area contributed by atoms with Crippen LogP contribution >= 0.6 is 0 Å². The molecule has 0 saturated heterocycles. The van der Waals surface area contributed by atoms with Gasteiger partial charge in [-0.25, -0.2) is 8.78 Å². The number of nitrogens with zero attached hydrogens (tertiary/aromatic N) is 1. The Morgan fingerprint density at radius 3 is 2.48 bits per heavy atom. The average molecular weight is 296 g/mol. The lowest BCUT2D eigenvalue weighted by molar-refractivity contribution is -0.136. The lowest BCUT2D eigenvalue weighted by Crippen LogP contribution is -2.50. The summed E-state index contributed by atoms with van der Waals surface area (Å²) in [7, 11) is 0. The van der Waals surface area contributed by atoms with E-state index in [1.165, 1.54) is 12.1 Å². The quantitative estimate of drug-likeness (QED) is 0.928. The van der Waals surface area contributed by atoms with E-state index < -0.39 is 17.7 Å². The van der Waals surface area contributed by atoms with Crippen molar-refractivity contribution >= 4 is 5.91 Å². The van der Waals surface area contributed by atoms with Crippen LogP contribution in [0.25, 0.3) is 0 Å². The molecule has 0 heterocycles. The van der Waals surface area contributed by atoms with Crippen LogP contribution in [0.2, 0.25) is 0 Å². The Labute approximate surface area is 124 Å². The number of rotatable bonds is 4. The van der Waals surface area contributed by atoms with Crippen molar-refractivity contribution in [1.82, 2.24) is 4.90 Å². The molecule has 1 amide bonds. The van der Waals surface area contributed by atoms with Crippen molar-refractivity contribution in [3.63, 3.8) is 0 Å². The first kappa shape index (κ1) is 15.9. The van der Waals surface area contributed by atoms with Crippen molar-refractivity contribution in [3.8, 4) is 0 Å². The standard InChI is InChI=1S/C16H22F2N2O/c1-16(2,3)14(19)15(21)20(12-6-7-12)9-10-4-5-11(17)8-13(10)18/h4-5,8,12,14H,6-7,9,19H2,1-3H3/t14-/m0/s1. The molecule has 0 unspecified atom stereocenters. The second-order valence-corrected chi connectivity index (χ2v) is 6.78. The number of hydrogen-bond acceptors (Lipinski definition) is 2. The number of benzene rings is 1. The highest BCUT2D eigenvalue weighted by atomic mass is 19.1. The Bertz CT molecular complexity index is 536. The number of carbonyl (C=O) groups is 1. The zero-order valence-corrected chi connectivity index (χ0v) is 12.7. The maximum absolute atomic E-state index is 13.8. The van der Waals surface area contributed by atoms with E-state index in [1.54, 1.807) is 4.90 Å². The van der Waals surface area contributed by atoms with Crippen LogP contribution in [0.3, 0.4) is 0 Å². The average Bonchev–Trinajstić information content (AvgIpc) is 3.19. The van der Waals surface area contributed by atoms with E-state index >= 15 is 0 Å². The third kappa shape index (κ3) is 3.79. The first-order chi connectivity index (χ1) is 9.70. The van der Waals surface area contributed by atoms with Gasteiger partial charge in [0.2, 0.25) is 5.91 Å². The molecule has 1 saturated carbocycles. The minimum Gasteiger partial charge on any atom is -0.334 e. The molecule has 0 aliphatic heterocycles. The molecular formula is C16H22F2N2O. The monoisotopic (exact) mass is 296 g/mol. The summed E-state index contributed by atoms with van der Waals surface area (Å²) >= 11 is 0. The second-order valence-electron chi connectivity index (χ2n) is 6.78. The molecule has 3 nitrogen and oxygen atoms in total. The molecule has 0 spiro atoms. The summed E-state index contributed by atoms with van der Waals surface area (Å²) in [6.07, 6.45) is 1.82. The van der Waals surface area contributed by atoms with Crippen LogP contribution in [-0.4, -0.2) is 22.9 Å². The molecule has 2 rings (SSSR count). The van der Waals surface area contributed by atoms with Crippen LogP contribution in [0.15, 0.2) is 18.2 Å². The van der Waals surface area contributed by atoms with Crippen LogP contribution in [0.4, 0.5) is 8.78 Å². The van der Waals surface area contributed by atoms with Gasteiger partial charge < -0.3 is 10.6 Å². The Kier molecular flexibility index (Phi) is 4.33. The summed E-state index contributed by atoms with van der Waals surface area (Å²) < 4.78 is 26.7. The summed E-state index contributed by atoms with van der Waals surface area (Å²) in [6, 6.07) is 2.92. The van der Waals surface area contributed by atoms with Crippen molar-refractivity contribution in [1.29, 1.82) is 0 Å². The van der Waals surface area contributed by atoms with Gasteiger partial charge in [-0.2, -0.15) is 0 Å². The Morgan fingerprint density at radius 2 is 2.00 bits per heavy atom. The fourth-order valence-electron chi connectivity index (χ4n) is 2.16. The fraction of sp³-hybridized carbons (Fsp3) is 0.562. The zero-order chi connectivity index (χ0) is 15.8. The molecule has 1 aromatic rings. The first-order valence-corrected chi connectivity index (χ1v) is 7.20. The van der Waals surface area contributed by atoms with Crippen molar-refractivity contribution < 1.29 is 13.6 Å². The maximum Gasteiger partial charge on any atom is 0.240 e. The molecule has 1 aliphatic rings. The van der Waals surface area contributed by atoms with Crippen molar-refractivity contribution in [3.05, 3.63) is 35.4 Å². The van der Waals surface area contributed by atoms with Crippen molar-refractivity contribution in [2.45, 2.75) is 52.2 Å². The Hall–Kier alpha value is -1.49. The van der Waals surface area contributed by atoms with Crippen molar-refractivity contribution in [2.75, 3.05) is 0 Å². The molecule has 0 aromatic heterocycles. The largest absolute Gasteiger partial charge is 0.334 e. The molecular weight excluding hydrogens is 274 g/mol. The summed E-state index contributed by atoms with van der Waals surface area (Å²) in [5.41, 5.74) is 5.99. The SMILES string of the molecule is CC(C)(C)[C@@H](N)C(=O)N(Cc1ccc(F)cc1F)C1CC1. The van der Waals surface area contributed by atoms with Gasteiger partial charge >= 0.3 is 0 Å². The van der Waals surface area contributed by atoms with E-state index in [4.69, 9.17) is 5.73 Å². The van der Waals surface area contributed by atoms with Crippen LogP contribution in [0, 0.1) is 17.0 Å². The van der Waals surface area contributed by atoms with Gasteiger partial charge in [-0.15, -0.1) is 0 Å². The van der Waals surface area contributed by atoms with Crippen LogP contribution in [-0.2, 0) is 11.3 Å². The lowest BCUT2D eigenvalue weighted by atomic mass is 9.86. The van der Waals surface area contributed by atoms with E-state index in [0.717, 1.165) is 18.9 Å². The van der Waals surface area contributed by atoms with Gasteiger partial charge in [-0.05, 0) is 24.3 Å². The maximum atomic E-state index is 13.8. The predicted molar refractivity (Wildman–Crippen MR) is 77.4 cm³/mol. The number of nitrogens with two attached hydrogens (primary N) is 1. The van der Waals surface area contributed by atoms with Gasteiger partial charge in [0.1, 0.15) is 11.6 Å². The van der Waals surface area contributed by atoms with E-state index in [2.05, 4.69) is 0 Å². The highest BCUT2D eigenvalue weighted by Crippen LogP contribution is 2.31. The van der Waals surface area contributed by atoms with Crippen LogP contribution in [0.1, 0.15) is 39.2 Å². The minimum atomic E-state index is -0.637. The van der Waals surface area contributed by atoms with Gasteiger partial charge in [-0.3, -0.25) is 4.79 Å². The summed E-state index contributed by atoms with van der Waals surface area (Å²) in [5, 5.41) is 0. The zero-order valence-electron chi connectivity index (χ0n) is 12.7. The summed E-state index contributed by atoms with van der Waals surface area (Å²) in [6.45, 7) is 5.84. The van der Waals surface area contributed by atoms with E-state index in [0.29, 0.717) is 5.56 Å². The van der Waals surface area contributed by atoms with E-state index in [1.807, 2.05) is 20.8 Å². The normalized spacial score (nSPS) is 16.7. The Morgan fingerprint density at radius 1 is 1.38 bits per heavy atom. The molecule has 1 aliphatic carbocycles. The highest BCUT2D eigenvalue weighted by Gasteiger charge is 2.38. The number of amides is 1. The topological polar surface area (TPSA) is 46.3 Å². The van der Waals surface area contributed by atoms with Gasteiger partial charge in [-0.1, -0.05) is 26.8 Å². The number of hydrogen-bond donors (Lipinski definition) is 1. The third-order valence-corrected chi connectivity index (χ3v) is 3.83. The first-order valence-electron chi connectivity index (χ1n) is 7.20. The minimum absolute atomic E-state index is 0.121. The van der Waals surface area contributed by atoms with E-state index in [-0.39, 0.29) is 23.9 Å². The molecule has 0 bridgehead atoms. The van der Waals surface area contributed by atoms with Crippen molar-refractivity contribution in [2.24, 2.45) is 11.1 Å². The second kappa shape index (κ2) is 5.72. The molecule has 5 heteroatoms. The van der Waals surface area contributed by atoms with E-state index in [9.17, 15) is 13.6 Å². The smallest absolute Gasteiger partial charge is 0.240 e. The molecule has 21 heavy (non-hydrogen) atoms. The molecule has 1 aromatic carbocycles. The van der Waals surface area contributed by atoms with Crippen LogP contribution in [0.5, 0.6) is 0 Å². The predicted octanol–water partition coefficient (Wildman–Crippen LogP) is 2.83. The summed E-state index contributed by atoms with van der Waals surface area (Å²) in [4.78, 5) is 14.2. The lowest BCUT2D eigenvalue weighted by Gasteiger charge is -2.32. The third-order valence-electron chi connectivity index (χ3n) is 3.83. The highest BCUT2D eigenvalue weighted by molar-refractivity contribution is 5.83. The van der Waals surface area contributed by atoms with Gasteiger partial charge in [0, 0.05) is 24.2 Å². The molecule has 1 atom stereocenters. The fourth-order valence-corrected chi connectivity index (χ4v) is 2.16. The number of carbonyl (C=O) groups excluding carboxylic acids is 1. The number of halogens is 2. The van der Waals surface area contributed by atoms with Gasteiger partial charge in [0.05, 0.1) is 6.04 Å². The van der Waals surface area contributed by atoms with Crippen LogP contribution < -0.4 is 5.73 Å². The molecule has 0 radical (unpaired) electrons. The molecule has 116 valence electrons. The van der Waals surface area contributed by atoms with Gasteiger partial charge in [0.15, 0.2) is 0 Å². The Balaban J connectivity index is 2.18. The molecule has 2 N–H and O–H groups in total. The molecule has 1 fully saturated rings. The summed E-state index contributed by atoms with van der Waals surface area (Å²) in [5.74, 6) is -1.42. The van der Waals surface area contributed by atoms with Gasteiger partial charge in [0.25, 0.3) is 0 Å².